The minimum atomic E-state index is -0.374. The van der Waals surface area contributed by atoms with Crippen LogP contribution >= 0.6 is 15.9 Å². The number of halogens is 1. The molecule has 4 nitrogen and oxygen atoms in total. The van der Waals surface area contributed by atoms with Crippen LogP contribution in [-0.4, -0.2) is 11.0 Å². The summed E-state index contributed by atoms with van der Waals surface area (Å²) in [5.41, 5.74) is 9.08. The van der Waals surface area contributed by atoms with Gasteiger partial charge in [0.15, 0.2) is 0 Å². The Labute approximate surface area is 125 Å². The van der Waals surface area contributed by atoms with Gasteiger partial charge < -0.3 is 16.2 Å². The normalized spacial score (nSPS) is 10.3. The summed E-state index contributed by atoms with van der Waals surface area (Å²) in [6.45, 7) is 3.74. The Morgan fingerprint density at radius 2 is 1.95 bits per heavy atom. The fraction of sp³-hybridized carbons (Fsp3) is 0.133. The second-order valence-electron chi connectivity index (χ2n) is 4.59. The van der Waals surface area contributed by atoms with Crippen molar-refractivity contribution in [3.05, 3.63) is 51.5 Å². The molecule has 2 rings (SSSR count). The molecule has 0 aliphatic heterocycles. The lowest BCUT2D eigenvalue weighted by Crippen LogP contribution is -2.14. The molecule has 2 aromatic carbocycles. The number of phenolic OH excluding ortho intramolecular Hbond substituents is 1. The Hall–Kier alpha value is -2.01. The summed E-state index contributed by atoms with van der Waals surface area (Å²) >= 11 is 3.28. The number of carbonyl (C=O) groups excluding carboxylic acids is 1. The van der Waals surface area contributed by atoms with Crippen molar-refractivity contribution >= 4 is 33.2 Å². The second kappa shape index (κ2) is 5.54. The minimum Gasteiger partial charge on any atom is -0.507 e. The molecular weight excluding hydrogens is 320 g/mol. The smallest absolute Gasteiger partial charge is 0.259 e. The van der Waals surface area contributed by atoms with E-state index in [9.17, 15) is 9.90 Å². The van der Waals surface area contributed by atoms with Crippen LogP contribution in [0.2, 0.25) is 0 Å². The number of phenols is 1. The van der Waals surface area contributed by atoms with E-state index in [-0.39, 0.29) is 17.2 Å². The van der Waals surface area contributed by atoms with Gasteiger partial charge in [-0.1, -0.05) is 22.0 Å². The van der Waals surface area contributed by atoms with E-state index in [4.69, 9.17) is 5.73 Å². The number of rotatable bonds is 2. The zero-order valence-corrected chi connectivity index (χ0v) is 12.8. The molecule has 0 aromatic heterocycles. The zero-order chi connectivity index (χ0) is 14.9. The Bertz CT molecular complexity index is 684. The number of nitrogens with one attached hydrogen (secondary N) is 1. The van der Waals surface area contributed by atoms with Gasteiger partial charge in [-0.05, 0) is 49.2 Å². The highest BCUT2D eigenvalue weighted by atomic mass is 79.9. The summed E-state index contributed by atoms with van der Waals surface area (Å²) in [5, 5.41) is 12.6. The van der Waals surface area contributed by atoms with Gasteiger partial charge in [0.1, 0.15) is 5.75 Å². The van der Waals surface area contributed by atoms with Crippen LogP contribution in [0, 0.1) is 13.8 Å². The predicted molar refractivity (Wildman–Crippen MR) is 84.1 cm³/mol. The van der Waals surface area contributed by atoms with Gasteiger partial charge in [0, 0.05) is 15.8 Å². The first kappa shape index (κ1) is 14.4. The number of aromatic hydroxyl groups is 1. The van der Waals surface area contributed by atoms with Crippen molar-refractivity contribution in [2.45, 2.75) is 13.8 Å². The highest BCUT2D eigenvalue weighted by Crippen LogP contribution is 2.28. The van der Waals surface area contributed by atoms with Crippen molar-refractivity contribution in [3.63, 3.8) is 0 Å². The fourth-order valence-electron chi connectivity index (χ4n) is 1.93. The molecule has 5 heteroatoms. The largest absolute Gasteiger partial charge is 0.507 e. The van der Waals surface area contributed by atoms with E-state index in [1.54, 1.807) is 18.2 Å². The fourth-order valence-corrected chi connectivity index (χ4v) is 2.29. The van der Waals surface area contributed by atoms with Crippen LogP contribution in [0.1, 0.15) is 21.5 Å². The first-order valence-corrected chi connectivity index (χ1v) is 6.85. The van der Waals surface area contributed by atoms with Gasteiger partial charge in [-0.25, -0.2) is 0 Å². The van der Waals surface area contributed by atoms with Crippen molar-refractivity contribution in [2.75, 3.05) is 11.1 Å². The third kappa shape index (κ3) is 2.77. The Morgan fingerprint density at radius 3 is 2.65 bits per heavy atom. The standard InChI is InChI=1S/C15H15BrN2O2/c1-8-3-5-12(17)9(2)14(8)18-15(20)11-7-10(16)4-6-13(11)19/h3-7,19H,17H2,1-2H3,(H,18,20). The van der Waals surface area contributed by atoms with Crippen LogP contribution in [0.3, 0.4) is 0 Å². The molecule has 4 N–H and O–H groups in total. The Morgan fingerprint density at radius 1 is 1.25 bits per heavy atom. The monoisotopic (exact) mass is 334 g/mol. The lowest BCUT2D eigenvalue weighted by Gasteiger charge is -2.14. The molecule has 0 heterocycles. The van der Waals surface area contributed by atoms with E-state index < -0.39 is 0 Å². The quantitative estimate of drug-likeness (QED) is 0.734. The number of hydrogen-bond donors (Lipinski definition) is 3. The topological polar surface area (TPSA) is 75.3 Å². The van der Waals surface area contributed by atoms with E-state index >= 15 is 0 Å². The summed E-state index contributed by atoms with van der Waals surface area (Å²) in [7, 11) is 0. The molecule has 0 unspecified atom stereocenters. The number of carbonyl (C=O) groups is 1. The van der Waals surface area contributed by atoms with E-state index in [0.29, 0.717) is 11.4 Å². The third-order valence-electron chi connectivity index (χ3n) is 3.16. The van der Waals surface area contributed by atoms with E-state index in [1.165, 1.54) is 6.07 Å². The summed E-state index contributed by atoms with van der Waals surface area (Å²) < 4.78 is 0.724. The number of hydrogen-bond acceptors (Lipinski definition) is 3. The van der Waals surface area contributed by atoms with E-state index in [1.807, 2.05) is 19.9 Å². The first-order valence-electron chi connectivity index (χ1n) is 6.05. The SMILES string of the molecule is Cc1ccc(N)c(C)c1NC(=O)c1cc(Br)ccc1O. The van der Waals surface area contributed by atoms with Crippen molar-refractivity contribution in [2.24, 2.45) is 0 Å². The number of benzene rings is 2. The highest BCUT2D eigenvalue weighted by molar-refractivity contribution is 9.10. The van der Waals surface area contributed by atoms with Crippen molar-refractivity contribution in [1.29, 1.82) is 0 Å². The average Bonchev–Trinajstić information content (AvgIpc) is 2.41. The van der Waals surface area contributed by atoms with Crippen LogP contribution < -0.4 is 11.1 Å². The number of anilines is 2. The Kier molecular flexibility index (Phi) is 3.99. The number of amides is 1. The third-order valence-corrected chi connectivity index (χ3v) is 3.65. The molecule has 0 bridgehead atoms. The maximum absolute atomic E-state index is 12.3. The van der Waals surface area contributed by atoms with Gasteiger partial charge in [-0.3, -0.25) is 4.79 Å². The van der Waals surface area contributed by atoms with Crippen LogP contribution in [0.5, 0.6) is 5.75 Å². The molecule has 20 heavy (non-hydrogen) atoms. The maximum atomic E-state index is 12.3. The molecule has 0 spiro atoms. The van der Waals surface area contributed by atoms with Gasteiger partial charge in [-0.15, -0.1) is 0 Å². The lowest BCUT2D eigenvalue weighted by molar-refractivity contribution is 0.102. The average molecular weight is 335 g/mol. The van der Waals surface area contributed by atoms with E-state index in [2.05, 4.69) is 21.2 Å². The zero-order valence-electron chi connectivity index (χ0n) is 11.2. The molecule has 1 amide bonds. The summed E-state index contributed by atoms with van der Waals surface area (Å²) in [6, 6.07) is 8.36. The van der Waals surface area contributed by atoms with Gasteiger partial charge in [0.25, 0.3) is 5.91 Å². The summed E-state index contributed by atoms with van der Waals surface area (Å²) in [5.74, 6) is -0.439. The summed E-state index contributed by atoms with van der Waals surface area (Å²) in [4.78, 5) is 12.3. The van der Waals surface area contributed by atoms with Crippen LogP contribution in [-0.2, 0) is 0 Å². The van der Waals surface area contributed by atoms with Crippen molar-refractivity contribution in [3.8, 4) is 5.75 Å². The highest BCUT2D eigenvalue weighted by Gasteiger charge is 2.14. The molecule has 0 saturated heterocycles. The van der Waals surface area contributed by atoms with Gasteiger partial charge >= 0.3 is 0 Å². The van der Waals surface area contributed by atoms with Crippen LogP contribution in [0.4, 0.5) is 11.4 Å². The van der Waals surface area contributed by atoms with Gasteiger partial charge in [0.2, 0.25) is 0 Å². The molecule has 0 saturated carbocycles. The van der Waals surface area contributed by atoms with Crippen LogP contribution in [0.15, 0.2) is 34.8 Å². The predicted octanol–water partition coefficient (Wildman–Crippen LogP) is 3.61. The molecule has 0 radical (unpaired) electrons. The molecule has 0 fully saturated rings. The number of aryl methyl sites for hydroxylation is 1. The first-order chi connectivity index (χ1) is 9.40. The Balaban J connectivity index is 2.38. The molecule has 0 aliphatic carbocycles. The molecular formula is C15H15BrN2O2. The van der Waals surface area contributed by atoms with E-state index in [0.717, 1.165) is 15.6 Å². The number of nitrogen functional groups attached to an aromatic ring is 1. The second-order valence-corrected chi connectivity index (χ2v) is 5.50. The molecule has 0 aliphatic rings. The molecule has 2 aromatic rings. The lowest BCUT2D eigenvalue weighted by atomic mass is 10.1. The van der Waals surface area contributed by atoms with Crippen molar-refractivity contribution < 1.29 is 9.90 Å². The van der Waals surface area contributed by atoms with Crippen molar-refractivity contribution in [1.82, 2.24) is 0 Å². The molecule has 0 atom stereocenters. The van der Waals surface area contributed by atoms with Crippen LogP contribution in [0.25, 0.3) is 0 Å². The maximum Gasteiger partial charge on any atom is 0.259 e. The van der Waals surface area contributed by atoms with Gasteiger partial charge in [-0.2, -0.15) is 0 Å². The minimum absolute atomic E-state index is 0.0649. The number of nitrogens with two attached hydrogens (primary N) is 1. The summed E-state index contributed by atoms with van der Waals surface area (Å²) in [6.07, 6.45) is 0. The molecule has 104 valence electrons. The van der Waals surface area contributed by atoms with Gasteiger partial charge in [0.05, 0.1) is 5.56 Å².